The SMILES string of the molecule is CCCCCCCCCC(O)c1ccc(Cl)cc1OC. The first-order valence-electron chi connectivity index (χ1n) is 7.70. The van der Waals surface area contributed by atoms with E-state index in [0.717, 1.165) is 18.4 Å². The van der Waals surface area contributed by atoms with Crippen LogP contribution in [0.5, 0.6) is 5.75 Å². The maximum Gasteiger partial charge on any atom is 0.126 e. The van der Waals surface area contributed by atoms with E-state index in [1.807, 2.05) is 6.07 Å². The molecule has 0 radical (unpaired) electrons. The first kappa shape index (κ1) is 17.3. The molecule has 1 aromatic rings. The summed E-state index contributed by atoms with van der Waals surface area (Å²) in [7, 11) is 1.61. The van der Waals surface area contributed by atoms with Crippen LogP contribution in [0.15, 0.2) is 18.2 Å². The van der Waals surface area contributed by atoms with Gasteiger partial charge in [-0.2, -0.15) is 0 Å². The number of ether oxygens (including phenoxy) is 1. The predicted octanol–water partition coefficient (Wildman–Crippen LogP) is 5.52. The van der Waals surface area contributed by atoms with Crippen LogP contribution in [-0.4, -0.2) is 12.2 Å². The van der Waals surface area contributed by atoms with Crippen LogP contribution < -0.4 is 4.74 Å². The maximum atomic E-state index is 10.2. The molecule has 1 unspecified atom stereocenters. The summed E-state index contributed by atoms with van der Waals surface area (Å²) >= 11 is 5.93. The van der Waals surface area contributed by atoms with E-state index in [0.29, 0.717) is 10.8 Å². The van der Waals surface area contributed by atoms with E-state index in [1.165, 1.54) is 38.5 Å². The third-order valence-corrected chi connectivity index (χ3v) is 3.87. The minimum atomic E-state index is -0.460. The zero-order chi connectivity index (χ0) is 14.8. The highest BCUT2D eigenvalue weighted by atomic mass is 35.5. The van der Waals surface area contributed by atoms with Crippen molar-refractivity contribution in [2.24, 2.45) is 0 Å². The Kier molecular flexibility index (Phi) is 8.72. The van der Waals surface area contributed by atoms with Gasteiger partial charge in [0.15, 0.2) is 0 Å². The molecule has 114 valence electrons. The molecule has 1 aromatic carbocycles. The molecule has 1 atom stereocenters. The molecule has 0 saturated heterocycles. The lowest BCUT2D eigenvalue weighted by atomic mass is 10.0. The standard InChI is InChI=1S/C17H27ClO2/c1-3-4-5-6-7-8-9-10-16(19)15-12-11-14(18)13-17(15)20-2/h11-13,16,19H,3-10H2,1-2H3. The summed E-state index contributed by atoms with van der Waals surface area (Å²) in [5.41, 5.74) is 0.836. The van der Waals surface area contributed by atoms with E-state index < -0.39 is 6.10 Å². The van der Waals surface area contributed by atoms with E-state index >= 15 is 0 Å². The number of hydrogen-bond donors (Lipinski definition) is 1. The van der Waals surface area contributed by atoms with Gasteiger partial charge in [0, 0.05) is 10.6 Å². The molecule has 0 heterocycles. The summed E-state index contributed by atoms with van der Waals surface area (Å²) in [5.74, 6) is 0.674. The number of halogens is 1. The lowest BCUT2D eigenvalue weighted by Gasteiger charge is -2.15. The van der Waals surface area contributed by atoms with Gasteiger partial charge in [-0.25, -0.2) is 0 Å². The number of benzene rings is 1. The van der Waals surface area contributed by atoms with Gasteiger partial charge in [-0.3, -0.25) is 0 Å². The van der Waals surface area contributed by atoms with Gasteiger partial charge in [-0.05, 0) is 18.6 Å². The molecule has 0 bridgehead atoms. The second-order valence-electron chi connectivity index (χ2n) is 5.31. The Bertz CT molecular complexity index is 379. The molecule has 0 spiro atoms. The summed E-state index contributed by atoms with van der Waals surface area (Å²) in [5, 5.41) is 10.9. The van der Waals surface area contributed by atoms with Crippen molar-refractivity contribution in [3.63, 3.8) is 0 Å². The number of aliphatic hydroxyl groups excluding tert-OH is 1. The van der Waals surface area contributed by atoms with Crippen LogP contribution in [0.1, 0.15) is 70.0 Å². The number of hydrogen-bond acceptors (Lipinski definition) is 2. The smallest absolute Gasteiger partial charge is 0.126 e. The van der Waals surface area contributed by atoms with Crippen molar-refractivity contribution in [2.75, 3.05) is 7.11 Å². The average molecular weight is 299 g/mol. The summed E-state index contributed by atoms with van der Waals surface area (Å²) in [6, 6.07) is 5.41. The molecule has 0 saturated carbocycles. The molecule has 3 heteroatoms. The van der Waals surface area contributed by atoms with Crippen LogP contribution in [0.2, 0.25) is 5.02 Å². The first-order chi connectivity index (χ1) is 9.69. The lowest BCUT2D eigenvalue weighted by Crippen LogP contribution is -2.00. The summed E-state index contributed by atoms with van der Waals surface area (Å²) in [6.45, 7) is 2.23. The lowest BCUT2D eigenvalue weighted by molar-refractivity contribution is 0.159. The number of unbranched alkanes of at least 4 members (excludes halogenated alkanes) is 6. The first-order valence-corrected chi connectivity index (χ1v) is 8.08. The van der Waals surface area contributed by atoms with Gasteiger partial charge in [-0.15, -0.1) is 0 Å². The van der Waals surface area contributed by atoms with E-state index in [-0.39, 0.29) is 0 Å². The van der Waals surface area contributed by atoms with Gasteiger partial charge in [0.05, 0.1) is 13.2 Å². The van der Waals surface area contributed by atoms with Crippen LogP contribution in [0, 0.1) is 0 Å². The van der Waals surface area contributed by atoms with Crippen molar-refractivity contribution in [3.05, 3.63) is 28.8 Å². The number of aliphatic hydroxyl groups is 1. The van der Waals surface area contributed by atoms with Crippen LogP contribution in [0.3, 0.4) is 0 Å². The third kappa shape index (κ3) is 6.15. The minimum absolute atomic E-state index is 0.460. The fourth-order valence-electron chi connectivity index (χ4n) is 2.41. The van der Waals surface area contributed by atoms with Gasteiger partial charge < -0.3 is 9.84 Å². The molecule has 0 aromatic heterocycles. The molecular formula is C17H27ClO2. The van der Waals surface area contributed by atoms with Gasteiger partial charge in [0.1, 0.15) is 5.75 Å². The maximum absolute atomic E-state index is 10.2. The summed E-state index contributed by atoms with van der Waals surface area (Å²) in [4.78, 5) is 0. The average Bonchev–Trinajstić information content (AvgIpc) is 2.45. The highest BCUT2D eigenvalue weighted by molar-refractivity contribution is 6.30. The van der Waals surface area contributed by atoms with Crippen molar-refractivity contribution >= 4 is 11.6 Å². The van der Waals surface area contributed by atoms with E-state index in [9.17, 15) is 5.11 Å². The largest absolute Gasteiger partial charge is 0.496 e. The van der Waals surface area contributed by atoms with Gasteiger partial charge in [0.2, 0.25) is 0 Å². The second kappa shape index (κ2) is 10.1. The van der Waals surface area contributed by atoms with Gasteiger partial charge in [0.25, 0.3) is 0 Å². The Morgan fingerprint density at radius 1 is 1.10 bits per heavy atom. The third-order valence-electron chi connectivity index (χ3n) is 3.64. The van der Waals surface area contributed by atoms with Crippen LogP contribution in [0.4, 0.5) is 0 Å². The normalized spacial score (nSPS) is 12.4. The van der Waals surface area contributed by atoms with Gasteiger partial charge >= 0.3 is 0 Å². The summed E-state index contributed by atoms with van der Waals surface area (Å²) < 4.78 is 5.27. The van der Waals surface area contributed by atoms with Crippen molar-refractivity contribution in [1.29, 1.82) is 0 Å². The van der Waals surface area contributed by atoms with Crippen molar-refractivity contribution in [2.45, 2.75) is 64.4 Å². The molecular weight excluding hydrogens is 272 g/mol. The Morgan fingerprint density at radius 3 is 2.40 bits per heavy atom. The summed E-state index contributed by atoms with van der Waals surface area (Å²) in [6.07, 6.45) is 9.11. The quantitative estimate of drug-likeness (QED) is 0.576. The number of rotatable bonds is 10. The topological polar surface area (TPSA) is 29.5 Å². The van der Waals surface area contributed by atoms with Crippen LogP contribution in [-0.2, 0) is 0 Å². The fraction of sp³-hybridized carbons (Fsp3) is 0.647. The molecule has 2 nitrogen and oxygen atoms in total. The van der Waals surface area contributed by atoms with Crippen LogP contribution >= 0.6 is 11.6 Å². The van der Waals surface area contributed by atoms with Gasteiger partial charge in [-0.1, -0.05) is 69.5 Å². The van der Waals surface area contributed by atoms with Crippen molar-refractivity contribution in [3.8, 4) is 5.75 Å². The molecule has 1 N–H and O–H groups in total. The molecule has 1 rings (SSSR count). The fourth-order valence-corrected chi connectivity index (χ4v) is 2.57. The predicted molar refractivity (Wildman–Crippen MR) is 85.6 cm³/mol. The highest BCUT2D eigenvalue weighted by Gasteiger charge is 2.13. The van der Waals surface area contributed by atoms with Crippen molar-refractivity contribution in [1.82, 2.24) is 0 Å². The Hall–Kier alpha value is -0.730. The second-order valence-corrected chi connectivity index (χ2v) is 5.75. The van der Waals surface area contributed by atoms with Crippen LogP contribution in [0.25, 0.3) is 0 Å². The molecule has 0 fully saturated rings. The van der Waals surface area contributed by atoms with Crippen molar-refractivity contribution < 1.29 is 9.84 Å². The monoisotopic (exact) mass is 298 g/mol. The Labute approximate surface area is 128 Å². The van der Waals surface area contributed by atoms with E-state index in [1.54, 1.807) is 19.2 Å². The zero-order valence-electron chi connectivity index (χ0n) is 12.7. The molecule has 0 aliphatic heterocycles. The number of methoxy groups -OCH3 is 1. The van der Waals surface area contributed by atoms with E-state index in [2.05, 4.69) is 6.92 Å². The zero-order valence-corrected chi connectivity index (χ0v) is 13.5. The minimum Gasteiger partial charge on any atom is -0.496 e. The highest BCUT2D eigenvalue weighted by Crippen LogP contribution is 2.31. The van der Waals surface area contributed by atoms with E-state index in [4.69, 9.17) is 16.3 Å². The molecule has 0 aliphatic carbocycles. The Morgan fingerprint density at radius 2 is 1.75 bits per heavy atom. The molecule has 0 aliphatic rings. The molecule has 0 amide bonds. The Balaban J connectivity index is 2.30. The molecule has 20 heavy (non-hydrogen) atoms.